The van der Waals surface area contributed by atoms with E-state index in [2.05, 4.69) is 11.1 Å². The van der Waals surface area contributed by atoms with Crippen molar-refractivity contribution < 1.29 is 31.4 Å². The van der Waals surface area contributed by atoms with Crippen LogP contribution in [0.5, 0.6) is 0 Å². The van der Waals surface area contributed by atoms with Crippen LogP contribution in [0.2, 0.25) is 0 Å². The van der Waals surface area contributed by atoms with E-state index in [1.165, 1.54) is 57.8 Å². The summed E-state index contributed by atoms with van der Waals surface area (Å²) in [5.41, 5.74) is 0. The molecule has 0 amide bonds. The number of hydrogen-bond acceptors (Lipinski definition) is 7. The molecule has 0 aromatic rings. The summed E-state index contributed by atoms with van der Waals surface area (Å²) in [5.74, 6) is 0. The first-order valence-corrected chi connectivity index (χ1v) is 11.2. The molecule has 0 atom stereocenters. The van der Waals surface area contributed by atoms with Crippen LogP contribution in [0.3, 0.4) is 0 Å². The molecule has 0 aromatic heterocycles. The Morgan fingerprint density at radius 1 is 0.577 bits per heavy atom. The summed E-state index contributed by atoms with van der Waals surface area (Å²) in [6.45, 7) is 4.58. The highest BCUT2D eigenvalue weighted by atomic mass is 32.3. The van der Waals surface area contributed by atoms with E-state index in [9.17, 15) is 13.0 Å². The van der Waals surface area contributed by atoms with Crippen LogP contribution in [0.4, 0.5) is 0 Å². The van der Waals surface area contributed by atoms with Crippen molar-refractivity contribution in [2.75, 3.05) is 46.2 Å². The summed E-state index contributed by atoms with van der Waals surface area (Å²) >= 11 is 0. The maximum Gasteiger partial charge on any atom is 0.217 e. The molecule has 0 unspecified atom stereocenters. The van der Waals surface area contributed by atoms with Gasteiger partial charge in [-0.05, 0) is 6.42 Å². The molecule has 0 heterocycles. The number of hydrogen-bond donors (Lipinski definition) is 0. The molecule has 0 N–H and O–H groups in total. The van der Waals surface area contributed by atoms with Gasteiger partial charge in [0.2, 0.25) is 10.4 Å². The molecule has 26 heavy (non-hydrogen) atoms. The SMILES string of the molecule is CCCCCCCCCCCCOCCOCCOCCOS(=O)(=O)[O-]. The first-order chi connectivity index (χ1) is 12.6. The number of rotatable bonds is 21. The summed E-state index contributed by atoms with van der Waals surface area (Å²) in [4.78, 5) is 0. The molecule has 0 aliphatic carbocycles. The fraction of sp³-hybridized carbons (Fsp3) is 1.00. The lowest BCUT2D eigenvalue weighted by atomic mass is 10.1. The standard InChI is InChI=1S/C18H38O7S/c1-2-3-4-5-6-7-8-9-10-11-12-22-13-14-23-15-16-24-17-18-25-26(19,20)21/h2-18H2,1H3,(H,19,20,21)/p-1. The average molecular weight is 398 g/mol. The second-order valence-corrected chi connectivity index (χ2v) is 7.30. The zero-order chi connectivity index (χ0) is 19.3. The molecule has 0 bridgehead atoms. The molecule has 0 saturated heterocycles. The van der Waals surface area contributed by atoms with E-state index in [0.29, 0.717) is 26.4 Å². The third kappa shape index (κ3) is 23.8. The molecule has 0 rings (SSSR count). The van der Waals surface area contributed by atoms with Gasteiger partial charge >= 0.3 is 0 Å². The van der Waals surface area contributed by atoms with Gasteiger partial charge in [0.15, 0.2) is 0 Å². The number of unbranched alkanes of at least 4 members (excludes halogenated alkanes) is 9. The van der Waals surface area contributed by atoms with Crippen LogP contribution >= 0.6 is 0 Å². The van der Waals surface area contributed by atoms with Crippen LogP contribution in [0, 0.1) is 0 Å². The van der Waals surface area contributed by atoms with Gasteiger partial charge in [-0.15, -0.1) is 0 Å². The molecular formula is C18H37O7S-. The highest BCUT2D eigenvalue weighted by Crippen LogP contribution is 2.10. The van der Waals surface area contributed by atoms with Gasteiger partial charge in [-0.25, -0.2) is 8.42 Å². The topological polar surface area (TPSA) is 94.1 Å². The fourth-order valence-electron chi connectivity index (χ4n) is 2.43. The van der Waals surface area contributed by atoms with Gasteiger partial charge in [-0.2, -0.15) is 0 Å². The quantitative estimate of drug-likeness (QED) is 0.166. The van der Waals surface area contributed by atoms with Gasteiger partial charge in [-0.1, -0.05) is 64.7 Å². The molecule has 0 spiro atoms. The first-order valence-electron chi connectivity index (χ1n) is 9.89. The second kappa shape index (κ2) is 19.5. The van der Waals surface area contributed by atoms with Crippen molar-refractivity contribution in [1.29, 1.82) is 0 Å². The van der Waals surface area contributed by atoms with Crippen molar-refractivity contribution in [2.45, 2.75) is 71.1 Å². The van der Waals surface area contributed by atoms with Gasteiger partial charge in [0.05, 0.1) is 39.6 Å². The lowest BCUT2D eigenvalue weighted by molar-refractivity contribution is 0.00847. The smallest absolute Gasteiger partial charge is 0.217 e. The molecule has 0 saturated carbocycles. The predicted molar refractivity (Wildman–Crippen MR) is 100.0 cm³/mol. The maximum atomic E-state index is 10.2. The summed E-state index contributed by atoms with van der Waals surface area (Å²) < 4.78 is 50.3. The van der Waals surface area contributed by atoms with E-state index in [0.717, 1.165) is 13.0 Å². The molecule has 8 heteroatoms. The fourth-order valence-corrected chi connectivity index (χ4v) is 2.70. The average Bonchev–Trinajstić information content (AvgIpc) is 2.59. The van der Waals surface area contributed by atoms with E-state index in [4.69, 9.17) is 14.2 Å². The number of ether oxygens (including phenoxy) is 3. The third-order valence-electron chi connectivity index (χ3n) is 3.84. The van der Waals surface area contributed by atoms with E-state index >= 15 is 0 Å². The van der Waals surface area contributed by atoms with Crippen LogP contribution in [0.15, 0.2) is 0 Å². The molecule has 0 radical (unpaired) electrons. The first kappa shape index (κ1) is 25.8. The maximum absolute atomic E-state index is 10.2. The third-order valence-corrected chi connectivity index (χ3v) is 4.30. The van der Waals surface area contributed by atoms with E-state index in [-0.39, 0.29) is 13.2 Å². The van der Waals surface area contributed by atoms with E-state index < -0.39 is 10.4 Å². The predicted octanol–water partition coefficient (Wildman–Crippen LogP) is 3.43. The molecule has 158 valence electrons. The Bertz CT molecular complexity index is 374. The van der Waals surface area contributed by atoms with Crippen molar-refractivity contribution in [2.24, 2.45) is 0 Å². The molecular weight excluding hydrogens is 360 g/mol. The van der Waals surface area contributed by atoms with Crippen molar-refractivity contribution in [3.05, 3.63) is 0 Å². The summed E-state index contributed by atoms with van der Waals surface area (Å²) in [7, 11) is -4.63. The molecule has 0 aliphatic rings. The zero-order valence-corrected chi connectivity index (χ0v) is 17.1. The Balaban J connectivity index is 3.03. The second-order valence-electron chi connectivity index (χ2n) is 6.25. The minimum Gasteiger partial charge on any atom is -0.726 e. The minimum atomic E-state index is -4.63. The van der Waals surface area contributed by atoms with Crippen molar-refractivity contribution >= 4 is 10.4 Å². The molecule has 0 aromatic carbocycles. The van der Waals surface area contributed by atoms with E-state index in [1.807, 2.05) is 0 Å². The monoisotopic (exact) mass is 397 g/mol. The van der Waals surface area contributed by atoms with Crippen LogP contribution < -0.4 is 0 Å². The Labute approximate surface area is 159 Å². The Morgan fingerprint density at radius 2 is 0.962 bits per heavy atom. The summed E-state index contributed by atoms with van der Waals surface area (Å²) in [6, 6.07) is 0. The van der Waals surface area contributed by atoms with Crippen molar-refractivity contribution in [3.63, 3.8) is 0 Å². The van der Waals surface area contributed by atoms with E-state index in [1.54, 1.807) is 0 Å². The molecule has 0 aliphatic heterocycles. The summed E-state index contributed by atoms with van der Waals surface area (Å²) in [6.07, 6.45) is 13.2. The van der Waals surface area contributed by atoms with Gasteiger partial charge in [0.25, 0.3) is 0 Å². The van der Waals surface area contributed by atoms with Gasteiger partial charge in [-0.3, -0.25) is 4.18 Å². The van der Waals surface area contributed by atoms with Gasteiger partial charge in [0.1, 0.15) is 0 Å². The van der Waals surface area contributed by atoms with Crippen molar-refractivity contribution in [3.8, 4) is 0 Å². The molecule has 7 nitrogen and oxygen atoms in total. The van der Waals surface area contributed by atoms with Crippen LogP contribution in [0.25, 0.3) is 0 Å². The van der Waals surface area contributed by atoms with Crippen LogP contribution in [-0.2, 0) is 28.8 Å². The lowest BCUT2D eigenvalue weighted by Gasteiger charge is -2.08. The van der Waals surface area contributed by atoms with Crippen LogP contribution in [0.1, 0.15) is 71.1 Å². The summed E-state index contributed by atoms with van der Waals surface area (Å²) in [5, 5.41) is 0. The van der Waals surface area contributed by atoms with Gasteiger partial charge in [0, 0.05) is 6.61 Å². The van der Waals surface area contributed by atoms with Crippen molar-refractivity contribution in [1.82, 2.24) is 0 Å². The lowest BCUT2D eigenvalue weighted by Crippen LogP contribution is -2.13. The van der Waals surface area contributed by atoms with Gasteiger partial charge < -0.3 is 18.8 Å². The Hall–Kier alpha value is -0.250. The highest BCUT2D eigenvalue weighted by Gasteiger charge is 1.96. The van der Waals surface area contributed by atoms with Crippen LogP contribution in [-0.4, -0.2) is 59.2 Å². The Kier molecular flexibility index (Phi) is 19.3. The Morgan fingerprint density at radius 3 is 1.42 bits per heavy atom. The highest BCUT2D eigenvalue weighted by molar-refractivity contribution is 7.80. The largest absolute Gasteiger partial charge is 0.726 e. The minimum absolute atomic E-state index is 0.0417. The molecule has 0 fully saturated rings. The zero-order valence-electron chi connectivity index (χ0n) is 16.3. The normalized spacial score (nSPS) is 11.9.